The molecule has 0 saturated carbocycles. The zero-order valence-electron chi connectivity index (χ0n) is 15.8. The molecule has 0 amide bonds. The lowest BCUT2D eigenvalue weighted by Gasteiger charge is -2.16. The molecule has 142 valence electrons. The van der Waals surface area contributed by atoms with E-state index in [2.05, 4.69) is 4.98 Å². The van der Waals surface area contributed by atoms with Crippen molar-refractivity contribution >= 4 is 10.9 Å². The number of hydrogen-bond donors (Lipinski definition) is 0. The second-order valence-electron chi connectivity index (χ2n) is 6.73. The summed E-state index contributed by atoms with van der Waals surface area (Å²) in [4.78, 5) is 30.6. The molecule has 6 nitrogen and oxygen atoms in total. The van der Waals surface area contributed by atoms with Crippen LogP contribution in [0.4, 0.5) is 0 Å². The lowest BCUT2D eigenvalue weighted by molar-refractivity contribution is 0.549. The van der Waals surface area contributed by atoms with Crippen LogP contribution in [0.2, 0.25) is 0 Å². The highest BCUT2D eigenvalue weighted by molar-refractivity contribution is 5.78. The van der Waals surface area contributed by atoms with Crippen LogP contribution in [0.1, 0.15) is 18.9 Å². The third-order valence-corrected chi connectivity index (χ3v) is 5.02. The van der Waals surface area contributed by atoms with Crippen molar-refractivity contribution in [3.8, 4) is 5.69 Å². The molecule has 0 aliphatic carbocycles. The Bertz CT molecular complexity index is 1220. The van der Waals surface area contributed by atoms with Gasteiger partial charge in [0.2, 0.25) is 0 Å². The summed E-state index contributed by atoms with van der Waals surface area (Å²) in [5.41, 5.74) is 1.74. The molecule has 0 unspecified atom stereocenters. The normalized spacial score (nSPS) is 11.2. The molecule has 0 atom stereocenters. The summed E-state index contributed by atoms with van der Waals surface area (Å²) in [6.45, 7) is 3.30. The van der Waals surface area contributed by atoms with Gasteiger partial charge >= 0.3 is 5.69 Å². The maximum Gasteiger partial charge on any atom is 0.336 e. The molecule has 4 rings (SSSR count). The maximum atomic E-state index is 13.4. The van der Waals surface area contributed by atoms with E-state index in [4.69, 9.17) is 0 Å². The van der Waals surface area contributed by atoms with Crippen molar-refractivity contribution in [3.63, 3.8) is 0 Å². The van der Waals surface area contributed by atoms with E-state index >= 15 is 0 Å². The first-order valence-corrected chi connectivity index (χ1v) is 9.49. The summed E-state index contributed by atoms with van der Waals surface area (Å²) < 4.78 is 5.01. The smallest absolute Gasteiger partial charge is 0.336 e. The molecule has 0 N–H and O–H groups in total. The Morgan fingerprint density at radius 3 is 2.54 bits per heavy atom. The number of imidazole rings is 1. The van der Waals surface area contributed by atoms with Crippen molar-refractivity contribution < 1.29 is 0 Å². The standard InChI is InChI=1S/C22H22N4O2/c1-2-17-8-3-5-10-19(17)26-21(27)18-9-4-6-11-20(18)25(22(26)28)14-7-13-24-15-12-23-16-24/h3-6,8-12,15-16H,2,7,13-14H2,1H3. The van der Waals surface area contributed by atoms with Gasteiger partial charge in [-0.25, -0.2) is 14.3 Å². The molecule has 2 aromatic carbocycles. The summed E-state index contributed by atoms with van der Waals surface area (Å²) in [6.07, 6.45) is 6.91. The van der Waals surface area contributed by atoms with Gasteiger partial charge in [-0.1, -0.05) is 37.3 Å². The molecule has 0 aliphatic heterocycles. The van der Waals surface area contributed by atoms with E-state index < -0.39 is 0 Å². The van der Waals surface area contributed by atoms with E-state index in [0.29, 0.717) is 23.1 Å². The Kier molecular flexibility index (Phi) is 4.93. The fourth-order valence-corrected chi connectivity index (χ4v) is 3.61. The van der Waals surface area contributed by atoms with E-state index in [1.165, 1.54) is 4.57 Å². The van der Waals surface area contributed by atoms with Crippen molar-refractivity contribution in [3.05, 3.63) is 93.7 Å². The van der Waals surface area contributed by atoms with Crippen LogP contribution in [0.15, 0.2) is 76.8 Å². The Balaban J connectivity index is 1.86. The summed E-state index contributed by atoms with van der Waals surface area (Å²) in [5.74, 6) is 0. The van der Waals surface area contributed by atoms with Crippen molar-refractivity contribution in [1.82, 2.24) is 18.7 Å². The van der Waals surface area contributed by atoms with E-state index in [-0.39, 0.29) is 11.2 Å². The van der Waals surface area contributed by atoms with Gasteiger partial charge in [-0.05, 0) is 36.6 Å². The van der Waals surface area contributed by atoms with Gasteiger partial charge in [-0.15, -0.1) is 0 Å². The van der Waals surface area contributed by atoms with Crippen LogP contribution in [0.5, 0.6) is 0 Å². The number of aryl methyl sites for hydroxylation is 3. The molecule has 0 bridgehead atoms. The SMILES string of the molecule is CCc1ccccc1-n1c(=O)c2ccccc2n(CCCn2ccnc2)c1=O. The molecule has 4 aromatic rings. The molecule has 0 saturated heterocycles. The summed E-state index contributed by atoms with van der Waals surface area (Å²) in [6, 6.07) is 14.9. The van der Waals surface area contributed by atoms with E-state index in [9.17, 15) is 9.59 Å². The molecule has 0 radical (unpaired) electrons. The van der Waals surface area contributed by atoms with Crippen LogP contribution in [-0.4, -0.2) is 18.7 Å². The fourth-order valence-electron chi connectivity index (χ4n) is 3.61. The molecular formula is C22H22N4O2. The minimum Gasteiger partial charge on any atom is -0.337 e. The first kappa shape index (κ1) is 18.0. The van der Waals surface area contributed by atoms with E-state index in [0.717, 1.165) is 24.9 Å². The van der Waals surface area contributed by atoms with Crippen LogP contribution in [0, 0.1) is 0 Å². The zero-order valence-corrected chi connectivity index (χ0v) is 15.8. The highest BCUT2D eigenvalue weighted by atomic mass is 16.2. The topological polar surface area (TPSA) is 61.8 Å². The zero-order chi connectivity index (χ0) is 19.5. The second kappa shape index (κ2) is 7.68. The summed E-state index contributed by atoms with van der Waals surface area (Å²) >= 11 is 0. The lowest BCUT2D eigenvalue weighted by atomic mass is 10.1. The Hall–Kier alpha value is -3.41. The van der Waals surface area contributed by atoms with Gasteiger partial charge in [0.15, 0.2) is 0 Å². The molecule has 28 heavy (non-hydrogen) atoms. The van der Waals surface area contributed by atoms with Gasteiger partial charge in [0.25, 0.3) is 5.56 Å². The maximum absolute atomic E-state index is 13.4. The van der Waals surface area contributed by atoms with Crippen molar-refractivity contribution in [1.29, 1.82) is 0 Å². The Morgan fingerprint density at radius 1 is 0.964 bits per heavy atom. The number of hydrogen-bond acceptors (Lipinski definition) is 3. The molecule has 2 heterocycles. The van der Waals surface area contributed by atoms with E-state index in [1.807, 2.05) is 60.2 Å². The number of para-hydroxylation sites is 2. The third-order valence-electron chi connectivity index (χ3n) is 5.02. The highest BCUT2D eigenvalue weighted by Crippen LogP contribution is 2.14. The molecular weight excluding hydrogens is 352 g/mol. The predicted molar refractivity (Wildman–Crippen MR) is 110 cm³/mol. The highest BCUT2D eigenvalue weighted by Gasteiger charge is 2.15. The minimum atomic E-state index is -0.296. The third kappa shape index (κ3) is 3.17. The molecule has 6 heteroatoms. The van der Waals surface area contributed by atoms with Crippen LogP contribution in [0.25, 0.3) is 16.6 Å². The summed E-state index contributed by atoms with van der Waals surface area (Å²) in [5, 5.41) is 0.552. The van der Waals surface area contributed by atoms with Crippen molar-refractivity contribution in [2.45, 2.75) is 32.9 Å². The Labute approximate surface area is 162 Å². The number of rotatable bonds is 6. The fraction of sp³-hybridized carbons (Fsp3) is 0.227. The van der Waals surface area contributed by atoms with Crippen LogP contribution in [-0.2, 0) is 19.5 Å². The largest absolute Gasteiger partial charge is 0.337 e. The van der Waals surface area contributed by atoms with Gasteiger partial charge in [0, 0.05) is 25.5 Å². The number of nitrogens with zero attached hydrogens (tertiary/aromatic N) is 4. The van der Waals surface area contributed by atoms with Gasteiger partial charge in [0.1, 0.15) is 0 Å². The first-order chi connectivity index (χ1) is 13.7. The average molecular weight is 374 g/mol. The minimum absolute atomic E-state index is 0.271. The molecule has 0 fully saturated rings. The monoisotopic (exact) mass is 374 g/mol. The average Bonchev–Trinajstić information content (AvgIpc) is 3.24. The van der Waals surface area contributed by atoms with Crippen LogP contribution < -0.4 is 11.2 Å². The van der Waals surface area contributed by atoms with E-state index in [1.54, 1.807) is 23.2 Å². The van der Waals surface area contributed by atoms with Crippen LogP contribution >= 0.6 is 0 Å². The quantitative estimate of drug-likeness (QED) is 0.521. The second-order valence-corrected chi connectivity index (χ2v) is 6.73. The van der Waals surface area contributed by atoms with Gasteiger partial charge in [-0.2, -0.15) is 0 Å². The van der Waals surface area contributed by atoms with Gasteiger partial charge in [0.05, 0.1) is 22.9 Å². The van der Waals surface area contributed by atoms with Crippen molar-refractivity contribution in [2.24, 2.45) is 0 Å². The number of benzene rings is 2. The molecule has 0 spiro atoms. The van der Waals surface area contributed by atoms with Crippen LogP contribution in [0.3, 0.4) is 0 Å². The van der Waals surface area contributed by atoms with Gasteiger partial charge in [-0.3, -0.25) is 9.36 Å². The lowest BCUT2D eigenvalue weighted by Crippen LogP contribution is -2.39. The first-order valence-electron chi connectivity index (χ1n) is 9.49. The van der Waals surface area contributed by atoms with Crippen molar-refractivity contribution in [2.75, 3.05) is 0 Å². The van der Waals surface area contributed by atoms with Gasteiger partial charge < -0.3 is 4.57 Å². The molecule has 0 aliphatic rings. The Morgan fingerprint density at radius 2 is 1.75 bits per heavy atom. The number of fused-ring (bicyclic) bond motifs is 1. The predicted octanol–water partition coefficient (Wildman–Crippen LogP) is 3.00. The molecule has 2 aromatic heterocycles. The summed E-state index contributed by atoms with van der Waals surface area (Å²) in [7, 11) is 0. The number of aromatic nitrogens is 4.